The predicted molar refractivity (Wildman–Crippen MR) is 134 cm³/mol. The van der Waals surface area contributed by atoms with E-state index in [1.54, 1.807) is 41.9 Å². The summed E-state index contributed by atoms with van der Waals surface area (Å²) in [6, 6.07) is 9.14. The monoisotopic (exact) mass is 498 g/mol. The fourth-order valence-corrected chi connectivity index (χ4v) is 5.39. The molecule has 3 N–H and O–H groups in total. The summed E-state index contributed by atoms with van der Waals surface area (Å²) in [6.07, 6.45) is 0. The lowest BCUT2D eigenvalue weighted by Gasteiger charge is -2.38. The molecule has 3 heterocycles. The summed E-state index contributed by atoms with van der Waals surface area (Å²) >= 11 is 0. The smallest absolute Gasteiger partial charge is 0.318 e. The van der Waals surface area contributed by atoms with Gasteiger partial charge in [0.15, 0.2) is 0 Å². The first-order valence-electron chi connectivity index (χ1n) is 12.2. The number of pyridine rings is 1. The number of nitrogens with zero attached hydrogens (tertiary/aromatic N) is 2. The van der Waals surface area contributed by atoms with Crippen LogP contribution in [-0.2, 0) is 16.1 Å². The minimum atomic E-state index is -0.713. The zero-order valence-electron chi connectivity index (χ0n) is 21.1. The molecule has 36 heavy (non-hydrogen) atoms. The van der Waals surface area contributed by atoms with Crippen LogP contribution in [0.15, 0.2) is 41.2 Å². The number of aliphatic hydroxyl groups is 1. The van der Waals surface area contributed by atoms with Crippen molar-refractivity contribution >= 4 is 11.9 Å². The van der Waals surface area contributed by atoms with Crippen LogP contribution in [0.5, 0.6) is 5.75 Å². The van der Waals surface area contributed by atoms with E-state index in [0.29, 0.717) is 30.2 Å². The van der Waals surface area contributed by atoms with Gasteiger partial charge >= 0.3 is 6.03 Å². The van der Waals surface area contributed by atoms with Crippen LogP contribution in [0.3, 0.4) is 0 Å². The SMILES string of the molecule is COCCNC(=O)[C@H]1[C@H](CO)[C@H]2Cn3c(ccc(-c4ccc(OC)cc4)c3=O)[C@@H]1N2C(=O)NC(C)C. The van der Waals surface area contributed by atoms with E-state index in [1.807, 2.05) is 32.0 Å². The van der Waals surface area contributed by atoms with Crippen LogP contribution in [0.25, 0.3) is 11.1 Å². The quantitative estimate of drug-likeness (QED) is 0.473. The minimum Gasteiger partial charge on any atom is -0.497 e. The molecule has 1 fully saturated rings. The average molecular weight is 499 g/mol. The third kappa shape index (κ3) is 4.58. The Labute approximate surface area is 210 Å². The van der Waals surface area contributed by atoms with E-state index in [9.17, 15) is 19.5 Å². The third-order valence-corrected chi connectivity index (χ3v) is 7.00. The highest BCUT2D eigenvalue weighted by molar-refractivity contribution is 5.84. The molecule has 3 amide bonds. The van der Waals surface area contributed by atoms with Crippen molar-refractivity contribution < 1.29 is 24.2 Å². The Hall–Kier alpha value is -3.37. The number of carbonyl (C=O) groups is 2. The van der Waals surface area contributed by atoms with Crippen molar-refractivity contribution in [1.82, 2.24) is 20.1 Å². The molecule has 10 nitrogen and oxygen atoms in total. The number of ether oxygens (including phenoxy) is 2. The van der Waals surface area contributed by atoms with E-state index >= 15 is 0 Å². The third-order valence-electron chi connectivity index (χ3n) is 7.00. The summed E-state index contributed by atoms with van der Waals surface area (Å²) in [4.78, 5) is 41.9. The number of hydrogen-bond acceptors (Lipinski definition) is 6. The van der Waals surface area contributed by atoms with E-state index in [2.05, 4.69) is 10.6 Å². The molecule has 4 atom stereocenters. The number of urea groups is 1. The number of nitrogens with one attached hydrogen (secondary N) is 2. The van der Waals surface area contributed by atoms with Gasteiger partial charge in [-0.1, -0.05) is 12.1 Å². The van der Waals surface area contributed by atoms with Gasteiger partial charge in [-0.15, -0.1) is 0 Å². The number of benzene rings is 1. The highest BCUT2D eigenvalue weighted by Gasteiger charge is 2.57. The molecule has 2 aromatic rings. The summed E-state index contributed by atoms with van der Waals surface area (Å²) < 4.78 is 11.9. The van der Waals surface area contributed by atoms with Crippen LogP contribution < -0.4 is 20.9 Å². The Morgan fingerprint density at radius 1 is 1.14 bits per heavy atom. The van der Waals surface area contributed by atoms with E-state index in [4.69, 9.17) is 9.47 Å². The molecule has 0 radical (unpaired) electrons. The summed E-state index contributed by atoms with van der Waals surface area (Å²) in [5, 5.41) is 16.1. The Balaban J connectivity index is 1.79. The summed E-state index contributed by atoms with van der Waals surface area (Å²) in [7, 11) is 3.13. The number of hydrogen-bond donors (Lipinski definition) is 3. The number of rotatable bonds is 8. The van der Waals surface area contributed by atoms with Gasteiger partial charge in [0.05, 0.1) is 31.7 Å². The van der Waals surface area contributed by atoms with Crippen molar-refractivity contribution in [3.63, 3.8) is 0 Å². The maximum Gasteiger partial charge on any atom is 0.318 e. The molecule has 0 aliphatic carbocycles. The Morgan fingerprint density at radius 3 is 2.47 bits per heavy atom. The average Bonchev–Trinajstić information content (AvgIpc) is 3.11. The zero-order chi connectivity index (χ0) is 26.0. The van der Waals surface area contributed by atoms with Crippen LogP contribution in [0.1, 0.15) is 25.6 Å². The number of aliphatic hydroxyl groups excluding tert-OH is 1. The molecule has 1 saturated heterocycles. The molecule has 10 heteroatoms. The second kappa shape index (κ2) is 10.7. The van der Waals surface area contributed by atoms with E-state index in [-0.39, 0.29) is 36.7 Å². The van der Waals surface area contributed by atoms with Gasteiger partial charge in [-0.05, 0) is 43.7 Å². The van der Waals surface area contributed by atoms with Gasteiger partial charge in [0.25, 0.3) is 5.56 Å². The predicted octanol–water partition coefficient (Wildman–Crippen LogP) is 1.37. The maximum absolute atomic E-state index is 13.7. The highest BCUT2D eigenvalue weighted by atomic mass is 16.5. The fourth-order valence-electron chi connectivity index (χ4n) is 5.39. The van der Waals surface area contributed by atoms with Crippen molar-refractivity contribution in [2.45, 2.75) is 38.5 Å². The number of amides is 3. The number of aromatic nitrogens is 1. The minimum absolute atomic E-state index is 0.111. The Bertz CT molecular complexity index is 1160. The largest absolute Gasteiger partial charge is 0.497 e. The Kier molecular flexibility index (Phi) is 7.65. The lowest BCUT2D eigenvalue weighted by Crippen LogP contribution is -2.53. The van der Waals surface area contributed by atoms with Crippen LogP contribution in [0, 0.1) is 11.8 Å². The standard InChI is InChI=1S/C26H34N4O6/c1-15(2)28-26(34)30-21-13-29-20(23(30)22(19(21)14-31)24(32)27-11-12-35-3)10-9-18(25(29)33)16-5-7-17(36-4)8-6-16/h5-10,15,19,21-23,31H,11-14H2,1-4H3,(H,27,32)(H,28,34)/t19-,21-,22+,23+/m1/s1. The molecular formula is C26H34N4O6. The summed E-state index contributed by atoms with van der Waals surface area (Å²) in [5.74, 6) is -0.829. The summed E-state index contributed by atoms with van der Waals surface area (Å²) in [6.45, 7) is 4.28. The van der Waals surface area contributed by atoms with Crippen molar-refractivity contribution in [2.24, 2.45) is 11.8 Å². The first-order chi connectivity index (χ1) is 17.3. The first-order valence-corrected chi connectivity index (χ1v) is 12.2. The van der Waals surface area contributed by atoms with Crippen LogP contribution in [-0.4, -0.2) is 72.6 Å². The molecule has 4 rings (SSSR count). The molecule has 0 unspecified atom stereocenters. The lowest BCUT2D eigenvalue weighted by molar-refractivity contribution is -0.127. The fraction of sp³-hybridized carbons (Fsp3) is 0.500. The maximum atomic E-state index is 13.7. The summed E-state index contributed by atoms with van der Waals surface area (Å²) in [5.41, 5.74) is 1.64. The van der Waals surface area contributed by atoms with Crippen LogP contribution >= 0.6 is 0 Å². The number of methoxy groups -OCH3 is 2. The van der Waals surface area contributed by atoms with Crippen molar-refractivity contribution in [1.29, 1.82) is 0 Å². The van der Waals surface area contributed by atoms with Gasteiger partial charge in [0.1, 0.15) is 5.75 Å². The molecule has 1 aromatic carbocycles. The molecule has 0 saturated carbocycles. The van der Waals surface area contributed by atoms with Crippen molar-refractivity contribution in [3.8, 4) is 16.9 Å². The van der Waals surface area contributed by atoms with Gasteiger partial charge in [0, 0.05) is 50.0 Å². The molecule has 2 bridgehead atoms. The van der Waals surface area contributed by atoms with Gasteiger partial charge < -0.3 is 34.7 Å². The molecule has 2 aliphatic heterocycles. The highest BCUT2D eigenvalue weighted by Crippen LogP contribution is 2.48. The molecule has 2 aliphatic rings. The zero-order valence-corrected chi connectivity index (χ0v) is 21.1. The van der Waals surface area contributed by atoms with E-state index < -0.39 is 23.9 Å². The van der Waals surface area contributed by atoms with E-state index in [1.165, 1.54) is 0 Å². The normalized spacial score (nSPS) is 22.3. The van der Waals surface area contributed by atoms with Crippen molar-refractivity contribution in [3.05, 3.63) is 52.4 Å². The molecule has 1 aromatic heterocycles. The lowest BCUT2D eigenvalue weighted by atomic mass is 9.86. The molecule has 0 spiro atoms. The Morgan fingerprint density at radius 2 is 1.86 bits per heavy atom. The van der Waals surface area contributed by atoms with Gasteiger partial charge in [0.2, 0.25) is 5.91 Å². The van der Waals surface area contributed by atoms with Crippen LogP contribution in [0.2, 0.25) is 0 Å². The van der Waals surface area contributed by atoms with Gasteiger partial charge in [-0.25, -0.2) is 4.79 Å². The molecular weight excluding hydrogens is 464 g/mol. The van der Waals surface area contributed by atoms with Crippen LogP contribution in [0.4, 0.5) is 4.79 Å². The first kappa shape index (κ1) is 25.7. The topological polar surface area (TPSA) is 122 Å². The second-order valence-corrected chi connectivity index (χ2v) is 9.50. The van der Waals surface area contributed by atoms with Gasteiger partial charge in [-0.3, -0.25) is 9.59 Å². The molecule has 194 valence electrons. The van der Waals surface area contributed by atoms with Gasteiger partial charge in [-0.2, -0.15) is 0 Å². The second-order valence-electron chi connectivity index (χ2n) is 9.50. The number of carbonyl (C=O) groups excluding carboxylic acids is 2. The number of fused-ring (bicyclic) bond motifs is 4. The van der Waals surface area contributed by atoms with Crippen molar-refractivity contribution in [2.75, 3.05) is 34.0 Å². The van der Waals surface area contributed by atoms with E-state index in [0.717, 1.165) is 5.56 Å².